The van der Waals surface area contributed by atoms with Gasteiger partial charge in [0.15, 0.2) is 0 Å². The number of rotatable bonds is 3. The van der Waals surface area contributed by atoms with E-state index in [2.05, 4.69) is 12.6 Å². The highest BCUT2D eigenvalue weighted by atomic mass is 32.1. The Labute approximate surface area is 92.3 Å². The number of carbonyl (C=O) groups is 2. The van der Waals surface area contributed by atoms with Gasteiger partial charge in [0.25, 0.3) is 0 Å². The van der Waals surface area contributed by atoms with E-state index in [1.807, 2.05) is 0 Å². The van der Waals surface area contributed by atoms with Crippen molar-refractivity contribution in [1.82, 2.24) is 0 Å². The van der Waals surface area contributed by atoms with E-state index in [9.17, 15) is 14.7 Å². The van der Waals surface area contributed by atoms with E-state index in [0.29, 0.717) is 11.3 Å². The number of hydrogen-bond acceptors (Lipinski definition) is 5. The minimum Gasteiger partial charge on any atom is -0.545 e. The van der Waals surface area contributed by atoms with Crippen LogP contribution in [0.4, 0.5) is 0 Å². The van der Waals surface area contributed by atoms with Gasteiger partial charge in [0, 0.05) is 0 Å². The molecule has 0 bridgehead atoms. The van der Waals surface area contributed by atoms with Crippen LogP contribution in [0.15, 0.2) is 18.2 Å². The van der Waals surface area contributed by atoms with Crippen LogP contribution in [0.5, 0.6) is 5.75 Å². The van der Waals surface area contributed by atoms with Gasteiger partial charge in [0.1, 0.15) is 5.75 Å². The molecule has 0 aliphatic rings. The summed E-state index contributed by atoms with van der Waals surface area (Å²) in [6.07, 6.45) is 0. The molecule has 0 saturated heterocycles. The molecule has 1 rings (SSSR count). The number of carboxylic acid groups (broad SMARTS) is 1. The highest BCUT2D eigenvalue weighted by Crippen LogP contribution is 2.19. The number of ether oxygens (including phenoxy) is 1. The lowest BCUT2D eigenvalue weighted by Crippen LogP contribution is -2.22. The minimum atomic E-state index is -1.26. The highest BCUT2D eigenvalue weighted by Gasteiger charge is 2.06. The predicted octanol–water partition coefficient (Wildman–Crippen LogP) is 0.194. The van der Waals surface area contributed by atoms with Gasteiger partial charge in [-0.25, -0.2) is 0 Å². The van der Waals surface area contributed by atoms with Crippen LogP contribution in [0.2, 0.25) is 0 Å². The van der Waals surface area contributed by atoms with Gasteiger partial charge in [0.05, 0.1) is 11.7 Å². The maximum Gasteiger partial charge on any atom is 0.321 e. The fraction of sp³-hybridized carbons (Fsp3) is 0.200. The summed E-state index contributed by atoms with van der Waals surface area (Å²) < 4.78 is 4.90. The van der Waals surface area contributed by atoms with Crippen LogP contribution in [0.25, 0.3) is 0 Å². The van der Waals surface area contributed by atoms with Gasteiger partial charge in [-0.05, 0) is 36.2 Å². The molecule has 0 spiro atoms. The van der Waals surface area contributed by atoms with Crippen molar-refractivity contribution in [1.29, 1.82) is 0 Å². The van der Waals surface area contributed by atoms with Crippen LogP contribution in [0.3, 0.4) is 0 Å². The van der Waals surface area contributed by atoms with Gasteiger partial charge in [0.2, 0.25) is 0 Å². The molecular weight excluding hydrogens is 216 g/mol. The summed E-state index contributed by atoms with van der Waals surface area (Å²) >= 11 is 3.75. The normalized spacial score (nSPS) is 9.73. The fourth-order valence-corrected chi connectivity index (χ4v) is 1.11. The summed E-state index contributed by atoms with van der Waals surface area (Å²) in [4.78, 5) is 21.4. The molecule has 1 aromatic rings. The lowest BCUT2D eigenvalue weighted by Gasteiger charge is -2.08. The third kappa shape index (κ3) is 2.99. The number of thiol groups is 1. The number of aromatic carboxylic acids is 1. The number of hydrogen-bond donors (Lipinski definition) is 1. The molecule has 1 aromatic carbocycles. The molecule has 0 aliphatic heterocycles. The molecule has 0 heterocycles. The van der Waals surface area contributed by atoms with Gasteiger partial charge in [-0.1, -0.05) is 0 Å². The number of carboxylic acids is 1. The summed E-state index contributed by atoms with van der Waals surface area (Å²) in [7, 11) is 0. The van der Waals surface area contributed by atoms with E-state index < -0.39 is 11.9 Å². The molecule has 5 heteroatoms. The van der Waals surface area contributed by atoms with Gasteiger partial charge < -0.3 is 14.6 Å². The molecule has 80 valence electrons. The molecule has 0 amide bonds. The second kappa shape index (κ2) is 4.84. The van der Waals surface area contributed by atoms with Crippen LogP contribution < -0.4 is 9.84 Å². The van der Waals surface area contributed by atoms with E-state index in [1.165, 1.54) is 18.2 Å². The second-order valence-electron chi connectivity index (χ2n) is 2.90. The van der Waals surface area contributed by atoms with E-state index >= 15 is 0 Å². The smallest absolute Gasteiger partial charge is 0.321 e. The zero-order valence-electron chi connectivity index (χ0n) is 8.02. The Bertz CT molecular complexity index is 400. The minimum absolute atomic E-state index is 0.0261. The monoisotopic (exact) mass is 225 g/mol. The van der Waals surface area contributed by atoms with Crippen molar-refractivity contribution in [2.45, 2.75) is 6.92 Å². The summed E-state index contributed by atoms with van der Waals surface area (Å²) in [5.41, 5.74) is 0.616. The van der Waals surface area contributed by atoms with Crippen LogP contribution in [-0.2, 0) is 4.79 Å². The molecule has 4 nitrogen and oxygen atoms in total. The Kier molecular flexibility index (Phi) is 3.74. The maximum absolute atomic E-state index is 10.9. The standard InChI is InChI=1S/C10H10O4S/c1-6-4-7(10(12)13)2-3-8(6)14-9(11)5-15/h2-4,15H,5H2,1H3,(H,12,13)/p-1. The van der Waals surface area contributed by atoms with Crippen molar-refractivity contribution >= 4 is 24.6 Å². The Morgan fingerprint density at radius 2 is 2.13 bits per heavy atom. The number of aryl methyl sites for hydroxylation is 1. The van der Waals surface area contributed by atoms with Crippen molar-refractivity contribution in [2.24, 2.45) is 0 Å². The Morgan fingerprint density at radius 1 is 1.47 bits per heavy atom. The van der Waals surface area contributed by atoms with E-state index in [-0.39, 0.29) is 11.3 Å². The van der Waals surface area contributed by atoms with Gasteiger partial charge in [-0.2, -0.15) is 12.6 Å². The number of benzene rings is 1. The molecular formula is C10H9O4S-. The van der Waals surface area contributed by atoms with Crippen LogP contribution in [0.1, 0.15) is 15.9 Å². The third-order valence-electron chi connectivity index (χ3n) is 1.76. The molecule has 0 fully saturated rings. The molecule has 0 unspecified atom stereocenters. The molecule has 0 saturated carbocycles. The zero-order chi connectivity index (χ0) is 11.4. The van der Waals surface area contributed by atoms with Gasteiger partial charge >= 0.3 is 5.97 Å². The lowest BCUT2D eigenvalue weighted by atomic mass is 10.1. The van der Waals surface area contributed by atoms with Crippen molar-refractivity contribution in [3.05, 3.63) is 29.3 Å². The Morgan fingerprint density at radius 3 is 2.60 bits per heavy atom. The summed E-state index contributed by atoms with van der Waals surface area (Å²) in [6, 6.07) is 4.13. The molecule has 0 N–H and O–H groups in total. The maximum atomic E-state index is 10.9. The predicted molar refractivity (Wildman–Crippen MR) is 55.0 cm³/mol. The summed E-state index contributed by atoms with van der Waals surface area (Å²) in [6.45, 7) is 1.65. The topological polar surface area (TPSA) is 66.4 Å². The Hall–Kier alpha value is -1.49. The second-order valence-corrected chi connectivity index (χ2v) is 3.22. The first-order valence-electron chi connectivity index (χ1n) is 4.18. The fourth-order valence-electron chi connectivity index (χ4n) is 1.05. The lowest BCUT2D eigenvalue weighted by molar-refractivity contribution is -0.255. The van der Waals surface area contributed by atoms with E-state index in [0.717, 1.165) is 0 Å². The third-order valence-corrected chi connectivity index (χ3v) is 2.02. The molecule has 0 atom stereocenters. The van der Waals surface area contributed by atoms with E-state index in [4.69, 9.17) is 4.74 Å². The average molecular weight is 225 g/mol. The van der Waals surface area contributed by atoms with Crippen molar-refractivity contribution in [3.8, 4) is 5.75 Å². The Balaban J connectivity index is 2.93. The average Bonchev–Trinajstić information content (AvgIpc) is 2.20. The van der Waals surface area contributed by atoms with Gasteiger partial charge in [-0.3, -0.25) is 4.79 Å². The summed E-state index contributed by atoms with van der Waals surface area (Å²) in [5.74, 6) is -1.44. The van der Waals surface area contributed by atoms with Crippen LogP contribution in [0, 0.1) is 6.92 Å². The quantitative estimate of drug-likeness (QED) is 0.453. The summed E-state index contributed by atoms with van der Waals surface area (Å²) in [5, 5.41) is 10.5. The molecule has 0 aromatic heterocycles. The SMILES string of the molecule is Cc1cc(C(=O)[O-])ccc1OC(=O)CS. The van der Waals surface area contributed by atoms with Crippen LogP contribution in [-0.4, -0.2) is 17.7 Å². The van der Waals surface area contributed by atoms with Crippen molar-refractivity contribution < 1.29 is 19.4 Å². The number of esters is 1. The zero-order valence-corrected chi connectivity index (χ0v) is 8.91. The number of carbonyl (C=O) groups excluding carboxylic acids is 2. The van der Waals surface area contributed by atoms with E-state index in [1.54, 1.807) is 6.92 Å². The van der Waals surface area contributed by atoms with Crippen LogP contribution >= 0.6 is 12.6 Å². The molecule has 0 radical (unpaired) electrons. The first kappa shape index (κ1) is 11.6. The first-order chi connectivity index (χ1) is 7.04. The molecule has 0 aliphatic carbocycles. The van der Waals surface area contributed by atoms with Gasteiger partial charge in [-0.15, -0.1) is 0 Å². The largest absolute Gasteiger partial charge is 0.545 e. The van der Waals surface area contributed by atoms with Crippen molar-refractivity contribution in [3.63, 3.8) is 0 Å². The van der Waals surface area contributed by atoms with Crippen molar-refractivity contribution in [2.75, 3.05) is 5.75 Å². The first-order valence-corrected chi connectivity index (χ1v) is 4.81. The molecule has 15 heavy (non-hydrogen) atoms. The highest BCUT2D eigenvalue weighted by molar-refractivity contribution is 7.81.